The molecule has 27 heavy (non-hydrogen) atoms. The zero-order valence-corrected chi connectivity index (χ0v) is 16.8. The molecule has 0 N–H and O–H groups in total. The molecular weight excluding hydrogens is 358 g/mol. The van der Waals surface area contributed by atoms with Crippen molar-refractivity contribution in [3.8, 4) is 0 Å². The lowest BCUT2D eigenvalue weighted by Gasteiger charge is -2.19. The van der Waals surface area contributed by atoms with Crippen molar-refractivity contribution in [3.63, 3.8) is 0 Å². The largest absolute Gasteiger partial charge is 0.299 e. The Morgan fingerprint density at radius 3 is 2.37 bits per heavy atom. The third-order valence-electron chi connectivity index (χ3n) is 4.53. The lowest BCUT2D eigenvalue weighted by atomic mass is 9.86. The van der Waals surface area contributed by atoms with E-state index in [4.69, 9.17) is 4.18 Å². The molecule has 0 unspecified atom stereocenters. The van der Waals surface area contributed by atoms with Crippen molar-refractivity contribution < 1.29 is 12.6 Å². The number of benzene rings is 2. The third kappa shape index (κ3) is 4.73. The number of rotatable bonds is 6. The zero-order chi connectivity index (χ0) is 19.5. The summed E-state index contributed by atoms with van der Waals surface area (Å²) in [6.45, 7) is 6.70. The van der Waals surface area contributed by atoms with Crippen LogP contribution < -0.4 is 0 Å². The quantitative estimate of drug-likeness (QED) is 0.450. The van der Waals surface area contributed by atoms with Gasteiger partial charge in [-0.05, 0) is 41.5 Å². The first-order chi connectivity index (χ1) is 12.8. The van der Waals surface area contributed by atoms with Gasteiger partial charge >= 0.3 is 0 Å². The standard InChI is InChI=1S/C22H25NO3S/c1-22(2,3)19-13-11-17(12-14-19)7-6-16-26-27(24,25)20-10-4-8-18-9-5-15-23-21(18)20/h4-5,8-15H,6-7,16H2,1-3H3. The molecule has 1 heterocycles. The Morgan fingerprint density at radius 2 is 1.67 bits per heavy atom. The summed E-state index contributed by atoms with van der Waals surface area (Å²) in [6, 6.07) is 17.2. The van der Waals surface area contributed by atoms with Crippen molar-refractivity contribution in [2.75, 3.05) is 6.61 Å². The summed E-state index contributed by atoms with van der Waals surface area (Å²) in [4.78, 5) is 4.31. The normalized spacial score (nSPS) is 12.4. The molecular formula is C22H25NO3S. The molecule has 0 saturated carbocycles. The van der Waals surface area contributed by atoms with E-state index in [-0.39, 0.29) is 16.9 Å². The molecule has 1 aromatic heterocycles. The fraction of sp³-hybridized carbons (Fsp3) is 0.318. The monoisotopic (exact) mass is 383 g/mol. The molecule has 0 radical (unpaired) electrons. The molecule has 0 saturated heterocycles. The summed E-state index contributed by atoms with van der Waals surface area (Å²) >= 11 is 0. The Labute approximate surface area is 161 Å². The van der Waals surface area contributed by atoms with Gasteiger partial charge in [-0.2, -0.15) is 8.42 Å². The van der Waals surface area contributed by atoms with Crippen molar-refractivity contribution >= 4 is 21.0 Å². The molecule has 0 aliphatic rings. The highest BCUT2D eigenvalue weighted by atomic mass is 32.2. The highest BCUT2D eigenvalue weighted by Crippen LogP contribution is 2.24. The molecule has 142 valence electrons. The fourth-order valence-electron chi connectivity index (χ4n) is 2.96. The van der Waals surface area contributed by atoms with Crippen LogP contribution in [0.2, 0.25) is 0 Å². The Morgan fingerprint density at radius 1 is 0.963 bits per heavy atom. The van der Waals surface area contributed by atoms with Gasteiger partial charge in [0.05, 0.1) is 12.1 Å². The molecule has 0 amide bonds. The van der Waals surface area contributed by atoms with Gasteiger partial charge in [0.2, 0.25) is 0 Å². The molecule has 0 fully saturated rings. The molecule has 3 aromatic rings. The summed E-state index contributed by atoms with van der Waals surface area (Å²) in [5.74, 6) is 0. The van der Waals surface area contributed by atoms with E-state index in [1.165, 1.54) is 17.2 Å². The molecule has 0 atom stereocenters. The van der Waals surface area contributed by atoms with E-state index in [0.717, 1.165) is 11.8 Å². The number of aryl methyl sites for hydroxylation is 1. The maximum Gasteiger partial charge on any atom is 0.299 e. The Hall–Kier alpha value is -2.24. The van der Waals surface area contributed by atoms with Crippen LogP contribution in [0.25, 0.3) is 10.9 Å². The minimum absolute atomic E-state index is 0.120. The van der Waals surface area contributed by atoms with E-state index in [0.29, 0.717) is 11.9 Å². The van der Waals surface area contributed by atoms with Gasteiger partial charge in [-0.15, -0.1) is 0 Å². The SMILES string of the molecule is CC(C)(C)c1ccc(CCCOS(=O)(=O)c2cccc3cccnc23)cc1. The molecule has 0 bridgehead atoms. The fourth-order valence-corrected chi connectivity index (χ4v) is 4.07. The lowest BCUT2D eigenvalue weighted by molar-refractivity contribution is 0.312. The van der Waals surface area contributed by atoms with Gasteiger partial charge in [0.1, 0.15) is 4.90 Å². The van der Waals surface area contributed by atoms with Gasteiger partial charge in [0.25, 0.3) is 10.1 Å². The molecule has 0 aliphatic heterocycles. The predicted molar refractivity (Wildman–Crippen MR) is 108 cm³/mol. The summed E-state index contributed by atoms with van der Waals surface area (Å²) < 4.78 is 30.4. The van der Waals surface area contributed by atoms with E-state index in [1.807, 2.05) is 12.1 Å². The first kappa shape index (κ1) is 19.5. The lowest BCUT2D eigenvalue weighted by Crippen LogP contribution is -2.11. The summed E-state index contributed by atoms with van der Waals surface area (Å²) in [6.07, 6.45) is 2.99. The topological polar surface area (TPSA) is 56.3 Å². The summed E-state index contributed by atoms with van der Waals surface area (Å²) in [5.41, 5.74) is 3.03. The van der Waals surface area contributed by atoms with E-state index < -0.39 is 10.1 Å². The molecule has 5 heteroatoms. The number of nitrogens with zero attached hydrogens (tertiary/aromatic N) is 1. The number of hydrogen-bond donors (Lipinski definition) is 0. The number of aromatic nitrogens is 1. The van der Waals surface area contributed by atoms with Crippen molar-refractivity contribution in [2.45, 2.75) is 43.9 Å². The van der Waals surface area contributed by atoms with Crippen molar-refractivity contribution in [2.24, 2.45) is 0 Å². The van der Waals surface area contributed by atoms with Gasteiger partial charge in [0.15, 0.2) is 0 Å². The minimum Gasteiger partial charge on any atom is -0.266 e. The van der Waals surface area contributed by atoms with Gasteiger partial charge in [-0.1, -0.05) is 63.2 Å². The molecule has 0 aliphatic carbocycles. The maximum absolute atomic E-state index is 12.6. The first-order valence-corrected chi connectivity index (χ1v) is 10.5. The second kappa shape index (κ2) is 7.79. The van der Waals surface area contributed by atoms with Gasteiger partial charge in [-0.3, -0.25) is 9.17 Å². The van der Waals surface area contributed by atoms with Crippen molar-refractivity contribution in [1.82, 2.24) is 4.98 Å². The van der Waals surface area contributed by atoms with Crippen LogP contribution in [-0.2, 0) is 26.1 Å². The summed E-state index contributed by atoms with van der Waals surface area (Å²) in [7, 11) is -3.83. The van der Waals surface area contributed by atoms with E-state index in [2.05, 4.69) is 50.0 Å². The second-order valence-corrected chi connectivity index (χ2v) is 9.24. The van der Waals surface area contributed by atoms with E-state index in [1.54, 1.807) is 18.3 Å². The third-order valence-corrected chi connectivity index (χ3v) is 5.88. The molecule has 2 aromatic carbocycles. The number of hydrogen-bond acceptors (Lipinski definition) is 4. The van der Waals surface area contributed by atoms with E-state index in [9.17, 15) is 8.42 Å². The number of para-hydroxylation sites is 1. The zero-order valence-electron chi connectivity index (χ0n) is 16.0. The highest BCUT2D eigenvalue weighted by molar-refractivity contribution is 7.87. The van der Waals surface area contributed by atoms with Crippen LogP contribution in [0.15, 0.2) is 65.7 Å². The molecule has 3 rings (SSSR count). The minimum atomic E-state index is -3.83. The van der Waals surface area contributed by atoms with Crippen LogP contribution in [0, 0.1) is 0 Å². The first-order valence-electron chi connectivity index (χ1n) is 9.10. The summed E-state index contributed by atoms with van der Waals surface area (Å²) in [5, 5.41) is 0.779. The number of fused-ring (bicyclic) bond motifs is 1. The van der Waals surface area contributed by atoms with E-state index >= 15 is 0 Å². The van der Waals surface area contributed by atoms with Gasteiger partial charge in [-0.25, -0.2) is 0 Å². The van der Waals surface area contributed by atoms with Crippen LogP contribution in [-0.4, -0.2) is 20.0 Å². The second-order valence-electron chi connectivity index (χ2n) is 7.66. The smallest absolute Gasteiger partial charge is 0.266 e. The van der Waals surface area contributed by atoms with Crippen LogP contribution in [0.4, 0.5) is 0 Å². The Balaban J connectivity index is 1.61. The predicted octanol–water partition coefficient (Wildman–Crippen LogP) is 4.87. The molecule has 0 spiro atoms. The maximum atomic E-state index is 12.6. The Kier molecular flexibility index (Phi) is 5.63. The van der Waals surface area contributed by atoms with Crippen molar-refractivity contribution in [1.29, 1.82) is 0 Å². The van der Waals surface area contributed by atoms with Crippen LogP contribution in [0.1, 0.15) is 38.3 Å². The van der Waals surface area contributed by atoms with Gasteiger partial charge < -0.3 is 0 Å². The van der Waals surface area contributed by atoms with Gasteiger partial charge in [0, 0.05) is 11.6 Å². The Bertz CT molecular complexity index is 1010. The van der Waals surface area contributed by atoms with Crippen molar-refractivity contribution in [3.05, 3.63) is 71.9 Å². The highest BCUT2D eigenvalue weighted by Gasteiger charge is 2.19. The van der Waals surface area contributed by atoms with Crippen LogP contribution >= 0.6 is 0 Å². The average Bonchev–Trinajstić information content (AvgIpc) is 2.64. The average molecular weight is 384 g/mol. The number of pyridine rings is 1. The van der Waals surface area contributed by atoms with Crippen LogP contribution in [0.5, 0.6) is 0 Å². The van der Waals surface area contributed by atoms with Crippen LogP contribution in [0.3, 0.4) is 0 Å². The molecule has 4 nitrogen and oxygen atoms in total.